The molecule has 0 aliphatic carbocycles. The number of hydrogen-bond acceptors (Lipinski definition) is 2. The van der Waals surface area contributed by atoms with E-state index in [1.807, 2.05) is 22.7 Å². The summed E-state index contributed by atoms with van der Waals surface area (Å²) in [5.41, 5.74) is 9.83. The lowest BCUT2D eigenvalue weighted by Gasteiger charge is -2.13. The van der Waals surface area contributed by atoms with E-state index in [9.17, 15) is 0 Å². The van der Waals surface area contributed by atoms with E-state index in [-0.39, 0.29) is 0 Å². The molecule has 2 nitrogen and oxygen atoms in total. The lowest BCUT2D eigenvalue weighted by atomic mass is 9.98. The molecule has 52 heavy (non-hydrogen) atoms. The minimum Gasteiger partial charge on any atom is -0.307 e. The molecule has 4 aromatic heterocycles. The normalized spacial score (nSPS) is 12.2. The monoisotopic (exact) mass is 696 g/mol. The van der Waals surface area contributed by atoms with E-state index >= 15 is 0 Å². The molecule has 0 saturated heterocycles. The van der Waals surface area contributed by atoms with Crippen molar-refractivity contribution in [2.45, 2.75) is 0 Å². The molecule has 4 heterocycles. The zero-order chi connectivity index (χ0) is 33.9. The fourth-order valence-electron chi connectivity index (χ4n) is 8.75. The second kappa shape index (κ2) is 10.7. The Morgan fingerprint density at radius 1 is 0.327 bits per heavy atom. The highest BCUT2D eigenvalue weighted by Gasteiger charge is 2.22. The molecule has 0 spiro atoms. The summed E-state index contributed by atoms with van der Waals surface area (Å²) in [6, 6.07) is 62.8. The molecular formula is C48H28N2S2. The molecule has 0 fully saturated rings. The highest BCUT2D eigenvalue weighted by Crippen LogP contribution is 2.47. The van der Waals surface area contributed by atoms with Gasteiger partial charge in [-0.05, 0) is 60.2 Å². The maximum absolute atomic E-state index is 2.52. The summed E-state index contributed by atoms with van der Waals surface area (Å²) >= 11 is 3.79. The van der Waals surface area contributed by atoms with E-state index in [4.69, 9.17) is 0 Å². The van der Waals surface area contributed by atoms with E-state index < -0.39 is 0 Å². The highest BCUT2D eigenvalue weighted by molar-refractivity contribution is 7.26. The van der Waals surface area contributed by atoms with Crippen molar-refractivity contribution in [3.05, 3.63) is 170 Å². The summed E-state index contributed by atoms with van der Waals surface area (Å²) < 4.78 is 10.3. The van der Waals surface area contributed by atoms with Gasteiger partial charge in [-0.25, -0.2) is 0 Å². The van der Waals surface area contributed by atoms with Gasteiger partial charge in [0.15, 0.2) is 0 Å². The van der Waals surface area contributed by atoms with Crippen LogP contribution in [0.3, 0.4) is 0 Å². The molecule has 0 aliphatic heterocycles. The molecule has 0 atom stereocenters. The van der Waals surface area contributed by atoms with Crippen LogP contribution in [0.4, 0.5) is 0 Å². The third-order valence-electron chi connectivity index (χ3n) is 10.9. The summed E-state index contributed by atoms with van der Waals surface area (Å²) in [4.78, 5) is 0. The van der Waals surface area contributed by atoms with E-state index in [1.54, 1.807) is 0 Å². The van der Waals surface area contributed by atoms with Crippen LogP contribution in [-0.4, -0.2) is 9.13 Å². The second-order valence-electron chi connectivity index (χ2n) is 13.6. The van der Waals surface area contributed by atoms with Crippen LogP contribution in [0.25, 0.3) is 106 Å². The van der Waals surface area contributed by atoms with Gasteiger partial charge < -0.3 is 9.13 Å². The van der Waals surface area contributed by atoms with E-state index in [1.165, 1.54) is 101 Å². The first-order valence-electron chi connectivity index (χ1n) is 17.7. The average molecular weight is 697 g/mol. The first kappa shape index (κ1) is 28.5. The Morgan fingerprint density at radius 3 is 1.67 bits per heavy atom. The summed E-state index contributed by atoms with van der Waals surface area (Å²) in [5, 5.41) is 10.3. The quantitative estimate of drug-likeness (QED) is 0.174. The Balaban J connectivity index is 1.20. The summed E-state index contributed by atoms with van der Waals surface area (Å²) in [6.45, 7) is 0. The van der Waals surface area contributed by atoms with Crippen LogP contribution in [0.5, 0.6) is 0 Å². The summed E-state index contributed by atoms with van der Waals surface area (Å²) in [5.74, 6) is 0. The number of aromatic nitrogens is 2. The predicted octanol–water partition coefficient (Wildman–Crippen LogP) is 14.3. The minimum atomic E-state index is 1.16. The lowest BCUT2D eigenvalue weighted by Crippen LogP contribution is -1.98. The standard InChI is InChI=1S/C48H28N2S2/c1-2-12-29(13-3-1)49-40-20-7-4-14-31(40)35-25-26-36-32-15-5-8-21-41(32)50(47(36)46(35)49)30-24-27-43-39(28-30)45-34(17-11-23-44(45)51-43)38-19-10-18-37-33-16-6-9-22-42(33)52-48(37)38/h1-28H. The van der Waals surface area contributed by atoms with Crippen LogP contribution in [0.15, 0.2) is 170 Å². The number of rotatable bonds is 3. The Labute approximate surface area is 306 Å². The molecule has 8 aromatic carbocycles. The van der Waals surface area contributed by atoms with Crippen molar-refractivity contribution >= 4 is 107 Å². The summed E-state index contributed by atoms with van der Waals surface area (Å²) in [6.07, 6.45) is 0. The van der Waals surface area contributed by atoms with Gasteiger partial charge in [0, 0.05) is 78.8 Å². The van der Waals surface area contributed by atoms with Crippen molar-refractivity contribution in [1.29, 1.82) is 0 Å². The Bertz CT molecular complexity index is 3410. The number of benzene rings is 8. The van der Waals surface area contributed by atoms with Crippen molar-refractivity contribution in [2.75, 3.05) is 0 Å². The number of para-hydroxylation sites is 3. The predicted molar refractivity (Wildman–Crippen MR) is 226 cm³/mol. The maximum atomic E-state index is 2.52. The topological polar surface area (TPSA) is 9.86 Å². The molecule has 4 heteroatoms. The van der Waals surface area contributed by atoms with Crippen LogP contribution in [-0.2, 0) is 0 Å². The molecule has 0 saturated carbocycles. The zero-order valence-corrected chi connectivity index (χ0v) is 29.5. The van der Waals surface area contributed by atoms with Gasteiger partial charge in [0.25, 0.3) is 0 Å². The largest absolute Gasteiger partial charge is 0.307 e. The molecule has 0 radical (unpaired) electrons. The van der Waals surface area contributed by atoms with Crippen LogP contribution in [0.1, 0.15) is 0 Å². The number of hydrogen-bond donors (Lipinski definition) is 0. The molecule has 0 unspecified atom stereocenters. The third kappa shape index (κ3) is 3.83. The molecule has 0 aliphatic rings. The molecule has 12 rings (SSSR count). The van der Waals surface area contributed by atoms with Gasteiger partial charge in [-0.15, -0.1) is 22.7 Å². The van der Waals surface area contributed by atoms with Crippen LogP contribution in [0, 0.1) is 0 Å². The van der Waals surface area contributed by atoms with Crippen LogP contribution in [0.2, 0.25) is 0 Å². The summed E-state index contributed by atoms with van der Waals surface area (Å²) in [7, 11) is 0. The van der Waals surface area contributed by atoms with Gasteiger partial charge in [0.1, 0.15) is 0 Å². The Morgan fingerprint density at radius 2 is 0.904 bits per heavy atom. The van der Waals surface area contributed by atoms with Crippen molar-refractivity contribution in [3.63, 3.8) is 0 Å². The molecule has 0 amide bonds. The zero-order valence-electron chi connectivity index (χ0n) is 27.9. The molecule has 242 valence electrons. The third-order valence-corrected chi connectivity index (χ3v) is 13.3. The van der Waals surface area contributed by atoms with Crippen LogP contribution < -0.4 is 0 Å². The first-order valence-corrected chi connectivity index (χ1v) is 19.3. The highest BCUT2D eigenvalue weighted by atomic mass is 32.1. The van der Waals surface area contributed by atoms with Gasteiger partial charge in [-0.2, -0.15) is 0 Å². The maximum Gasteiger partial charge on any atom is 0.0788 e. The van der Waals surface area contributed by atoms with Crippen LogP contribution >= 0.6 is 22.7 Å². The first-order chi connectivity index (χ1) is 25.8. The van der Waals surface area contributed by atoms with Crippen molar-refractivity contribution in [3.8, 4) is 22.5 Å². The van der Waals surface area contributed by atoms with E-state index in [0.717, 1.165) is 5.69 Å². The SMILES string of the molecule is c1ccc(-n2c3ccccc3c3ccc4c5ccccc5n(-c5ccc6sc7cccc(-c8cccc9c8sc8ccccc89)c7c6c5)c4c32)cc1. The van der Waals surface area contributed by atoms with E-state index in [2.05, 4.69) is 179 Å². The number of thiophene rings is 2. The molecule has 0 bridgehead atoms. The van der Waals surface area contributed by atoms with Gasteiger partial charge in [0.2, 0.25) is 0 Å². The van der Waals surface area contributed by atoms with Crippen molar-refractivity contribution in [2.24, 2.45) is 0 Å². The molecular weight excluding hydrogens is 669 g/mol. The molecule has 12 aromatic rings. The van der Waals surface area contributed by atoms with Gasteiger partial charge >= 0.3 is 0 Å². The van der Waals surface area contributed by atoms with Gasteiger partial charge in [-0.1, -0.05) is 115 Å². The minimum absolute atomic E-state index is 1.16. The van der Waals surface area contributed by atoms with E-state index in [0.29, 0.717) is 0 Å². The van der Waals surface area contributed by atoms with Crippen molar-refractivity contribution in [1.82, 2.24) is 9.13 Å². The van der Waals surface area contributed by atoms with Gasteiger partial charge in [0.05, 0.1) is 22.1 Å². The smallest absolute Gasteiger partial charge is 0.0788 e. The van der Waals surface area contributed by atoms with Crippen molar-refractivity contribution < 1.29 is 0 Å². The fourth-order valence-corrected chi connectivity index (χ4v) is 11.1. The Kier molecular flexibility index (Phi) is 5.84. The number of nitrogens with zero attached hydrogens (tertiary/aromatic N) is 2. The number of fused-ring (bicyclic) bond motifs is 13. The molecule has 0 N–H and O–H groups in total. The Hall–Kier alpha value is -6.20. The average Bonchev–Trinajstić information content (AvgIpc) is 3.95. The lowest BCUT2D eigenvalue weighted by molar-refractivity contribution is 1.15. The van der Waals surface area contributed by atoms with Gasteiger partial charge in [-0.3, -0.25) is 0 Å². The fraction of sp³-hybridized carbons (Fsp3) is 0. The second-order valence-corrected chi connectivity index (χ2v) is 15.8.